The van der Waals surface area contributed by atoms with Crippen LogP contribution in [-0.4, -0.2) is 5.11 Å². The van der Waals surface area contributed by atoms with Crippen molar-refractivity contribution in [1.29, 1.82) is 0 Å². The minimum atomic E-state index is -0.224. The highest BCUT2D eigenvalue weighted by molar-refractivity contribution is 5.69. The van der Waals surface area contributed by atoms with Crippen LogP contribution in [-0.2, 0) is 0 Å². The maximum Gasteiger partial charge on any atom is 0.126 e. The van der Waals surface area contributed by atoms with Crippen LogP contribution >= 0.6 is 0 Å². The molecule has 2 heteroatoms. The lowest BCUT2D eigenvalue weighted by Crippen LogP contribution is -1.88. The second-order valence-corrected chi connectivity index (χ2v) is 3.97. The number of aromatic hydroxyl groups is 1. The van der Waals surface area contributed by atoms with Crippen LogP contribution in [0.3, 0.4) is 0 Å². The number of hydrogen-bond donors (Lipinski definition) is 1. The first-order valence-corrected chi connectivity index (χ1v) is 5.14. The fourth-order valence-corrected chi connectivity index (χ4v) is 1.84. The Kier molecular flexibility index (Phi) is 2.65. The number of benzene rings is 2. The second kappa shape index (κ2) is 3.97. The molecule has 2 aromatic carbocycles. The topological polar surface area (TPSA) is 20.2 Å². The van der Waals surface area contributed by atoms with Gasteiger partial charge in [0.2, 0.25) is 0 Å². The lowest BCUT2D eigenvalue weighted by molar-refractivity contribution is 0.475. The van der Waals surface area contributed by atoms with Crippen LogP contribution in [0.1, 0.15) is 11.1 Å². The summed E-state index contributed by atoms with van der Waals surface area (Å²) in [7, 11) is 0. The lowest BCUT2D eigenvalue weighted by atomic mass is 9.98. The molecular weight excluding hydrogens is 203 g/mol. The molecule has 1 N–H and O–H groups in total. The highest BCUT2D eigenvalue weighted by atomic mass is 19.1. The average molecular weight is 216 g/mol. The molecule has 1 nitrogen and oxygen atoms in total. The fraction of sp³-hybridized carbons (Fsp3) is 0.143. The number of aryl methyl sites for hydroxylation is 1. The molecule has 82 valence electrons. The van der Waals surface area contributed by atoms with E-state index in [2.05, 4.69) is 0 Å². The van der Waals surface area contributed by atoms with Crippen molar-refractivity contribution in [2.75, 3.05) is 0 Å². The van der Waals surface area contributed by atoms with Crippen LogP contribution < -0.4 is 0 Å². The van der Waals surface area contributed by atoms with Crippen molar-refractivity contribution in [1.82, 2.24) is 0 Å². The van der Waals surface area contributed by atoms with Gasteiger partial charge in [-0.05, 0) is 54.3 Å². The zero-order valence-corrected chi connectivity index (χ0v) is 9.29. The van der Waals surface area contributed by atoms with Crippen LogP contribution in [0, 0.1) is 19.7 Å². The number of halogens is 1. The van der Waals surface area contributed by atoms with E-state index in [-0.39, 0.29) is 11.6 Å². The standard InChI is InChI=1S/C14H13FO/c1-9-6-11(8-12(16)7-9)13-4-3-5-14(15)10(13)2/h3-8,16H,1-2H3. The van der Waals surface area contributed by atoms with Gasteiger partial charge in [0, 0.05) is 0 Å². The number of phenols is 1. The molecule has 16 heavy (non-hydrogen) atoms. The molecule has 0 saturated carbocycles. The second-order valence-electron chi connectivity index (χ2n) is 3.97. The van der Waals surface area contributed by atoms with E-state index in [1.165, 1.54) is 6.07 Å². The maximum atomic E-state index is 13.4. The molecule has 0 bridgehead atoms. The van der Waals surface area contributed by atoms with E-state index in [0.717, 1.165) is 16.7 Å². The van der Waals surface area contributed by atoms with E-state index in [1.54, 1.807) is 25.1 Å². The molecule has 0 fully saturated rings. The van der Waals surface area contributed by atoms with Gasteiger partial charge in [-0.2, -0.15) is 0 Å². The molecule has 0 aliphatic rings. The van der Waals surface area contributed by atoms with Crippen molar-refractivity contribution >= 4 is 0 Å². The SMILES string of the molecule is Cc1cc(O)cc(-c2cccc(F)c2C)c1. The van der Waals surface area contributed by atoms with E-state index in [1.807, 2.05) is 19.1 Å². The Labute approximate surface area is 94.2 Å². The zero-order valence-electron chi connectivity index (χ0n) is 9.29. The summed E-state index contributed by atoms with van der Waals surface area (Å²) >= 11 is 0. The van der Waals surface area contributed by atoms with Gasteiger partial charge >= 0.3 is 0 Å². The number of phenolic OH excluding ortho intramolecular Hbond substituents is 1. The Hall–Kier alpha value is -1.83. The van der Waals surface area contributed by atoms with Crippen LogP contribution in [0.4, 0.5) is 4.39 Å². The Morgan fingerprint density at radius 1 is 1.06 bits per heavy atom. The monoisotopic (exact) mass is 216 g/mol. The summed E-state index contributed by atoms with van der Waals surface area (Å²) in [6, 6.07) is 10.2. The average Bonchev–Trinajstić information content (AvgIpc) is 2.20. The molecule has 0 aliphatic heterocycles. The van der Waals surface area contributed by atoms with Gasteiger partial charge < -0.3 is 5.11 Å². The van der Waals surface area contributed by atoms with E-state index in [4.69, 9.17) is 0 Å². The highest BCUT2D eigenvalue weighted by Gasteiger charge is 2.06. The Morgan fingerprint density at radius 3 is 2.50 bits per heavy atom. The van der Waals surface area contributed by atoms with Crippen molar-refractivity contribution in [2.24, 2.45) is 0 Å². The smallest absolute Gasteiger partial charge is 0.126 e. The normalized spacial score (nSPS) is 10.4. The van der Waals surface area contributed by atoms with Gasteiger partial charge in [0.1, 0.15) is 11.6 Å². The molecule has 0 amide bonds. The van der Waals surface area contributed by atoms with Crippen molar-refractivity contribution in [3.8, 4) is 16.9 Å². The molecule has 0 heterocycles. The van der Waals surface area contributed by atoms with Gasteiger partial charge in [-0.15, -0.1) is 0 Å². The summed E-state index contributed by atoms with van der Waals surface area (Å²) in [5.74, 6) is -0.0165. The third kappa shape index (κ3) is 1.91. The summed E-state index contributed by atoms with van der Waals surface area (Å²) in [5.41, 5.74) is 3.22. The minimum Gasteiger partial charge on any atom is -0.508 e. The molecule has 0 atom stereocenters. The molecule has 0 saturated heterocycles. The molecule has 0 unspecified atom stereocenters. The molecule has 0 radical (unpaired) electrons. The first-order valence-electron chi connectivity index (χ1n) is 5.14. The van der Waals surface area contributed by atoms with E-state index >= 15 is 0 Å². The predicted molar refractivity (Wildman–Crippen MR) is 63.0 cm³/mol. The highest BCUT2D eigenvalue weighted by Crippen LogP contribution is 2.28. The first kappa shape index (κ1) is 10.7. The van der Waals surface area contributed by atoms with Crippen molar-refractivity contribution in [3.05, 3.63) is 53.3 Å². The third-order valence-corrected chi connectivity index (χ3v) is 2.64. The van der Waals surface area contributed by atoms with E-state index in [9.17, 15) is 9.50 Å². The third-order valence-electron chi connectivity index (χ3n) is 2.64. The molecule has 2 rings (SSSR count). The Bertz CT molecular complexity index is 512. The number of rotatable bonds is 1. The van der Waals surface area contributed by atoms with Crippen LogP contribution in [0.25, 0.3) is 11.1 Å². The summed E-state index contributed by atoms with van der Waals surface area (Å²) < 4.78 is 13.4. The van der Waals surface area contributed by atoms with Gasteiger partial charge in [-0.25, -0.2) is 4.39 Å². The van der Waals surface area contributed by atoms with E-state index < -0.39 is 0 Å². The molecule has 0 spiro atoms. The van der Waals surface area contributed by atoms with Gasteiger partial charge in [-0.1, -0.05) is 18.2 Å². The van der Waals surface area contributed by atoms with Crippen LogP contribution in [0.15, 0.2) is 36.4 Å². The van der Waals surface area contributed by atoms with E-state index in [0.29, 0.717) is 5.56 Å². The minimum absolute atomic E-state index is 0.207. The summed E-state index contributed by atoms with van der Waals surface area (Å²) in [5, 5.41) is 9.52. The fourth-order valence-electron chi connectivity index (χ4n) is 1.84. The summed E-state index contributed by atoms with van der Waals surface area (Å²) in [6.45, 7) is 3.64. The van der Waals surface area contributed by atoms with Gasteiger partial charge in [-0.3, -0.25) is 0 Å². The summed E-state index contributed by atoms with van der Waals surface area (Å²) in [4.78, 5) is 0. The quantitative estimate of drug-likeness (QED) is 0.768. The van der Waals surface area contributed by atoms with Gasteiger partial charge in [0.25, 0.3) is 0 Å². The Morgan fingerprint density at radius 2 is 1.81 bits per heavy atom. The van der Waals surface area contributed by atoms with Crippen molar-refractivity contribution < 1.29 is 9.50 Å². The summed E-state index contributed by atoms with van der Waals surface area (Å²) in [6.07, 6.45) is 0. The van der Waals surface area contributed by atoms with Gasteiger partial charge in [0.15, 0.2) is 0 Å². The lowest BCUT2D eigenvalue weighted by Gasteiger charge is -2.08. The molecule has 0 aliphatic carbocycles. The van der Waals surface area contributed by atoms with Crippen LogP contribution in [0.5, 0.6) is 5.75 Å². The predicted octanol–water partition coefficient (Wildman–Crippen LogP) is 3.82. The maximum absolute atomic E-state index is 13.4. The molecular formula is C14H13FO. The number of hydrogen-bond acceptors (Lipinski definition) is 1. The molecule has 2 aromatic rings. The largest absolute Gasteiger partial charge is 0.508 e. The first-order chi connectivity index (χ1) is 7.58. The van der Waals surface area contributed by atoms with Gasteiger partial charge in [0.05, 0.1) is 0 Å². The zero-order chi connectivity index (χ0) is 11.7. The van der Waals surface area contributed by atoms with Crippen molar-refractivity contribution in [3.63, 3.8) is 0 Å². The Balaban J connectivity index is 2.63. The molecule has 0 aromatic heterocycles. The van der Waals surface area contributed by atoms with Crippen LogP contribution in [0.2, 0.25) is 0 Å². The van der Waals surface area contributed by atoms with Crippen molar-refractivity contribution in [2.45, 2.75) is 13.8 Å².